The van der Waals surface area contributed by atoms with E-state index in [1.165, 1.54) is 11.4 Å². The fourth-order valence-corrected chi connectivity index (χ4v) is 4.43. The molecule has 1 atom stereocenters. The van der Waals surface area contributed by atoms with Crippen molar-refractivity contribution in [3.05, 3.63) is 59.7 Å². The number of nitrogens with one attached hydrogen (secondary N) is 1. The number of para-hydroxylation sites is 1. The van der Waals surface area contributed by atoms with Crippen molar-refractivity contribution in [2.75, 3.05) is 17.9 Å². The van der Waals surface area contributed by atoms with E-state index < -0.39 is 10.0 Å². The molecule has 29 heavy (non-hydrogen) atoms. The number of hydrogen-bond acceptors (Lipinski definition) is 3. The summed E-state index contributed by atoms with van der Waals surface area (Å²) in [5, 5.41) is 2.99. The third-order valence-electron chi connectivity index (χ3n) is 5.26. The highest BCUT2D eigenvalue weighted by Gasteiger charge is 2.25. The average molecular weight is 417 g/mol. The van der Waals surface area contributed by atoms with E-state index in [0.717, 1.165) is 31.2 Å². The molecule has 0 unspecified atom stereocenters. The first-order valence-electron chi connectivity index (χ1n) is 10.2. The highest BCUT2D eigenvalue weighted by Crippen LogP contribution is 2.26. The van der Waals surface area contributed by atoms with E-state index >= 15 is 0 Å². The van der Waals surface area contributed by atoms with E-state index in [9.17, 15) is 13.2 Å². The van der Waals surface area contributed by atoms with Crippen LogP contribution in [-0.4, -0.2) is 27.9 Å². The minimum atomic E-state index is -3.76. The van der Waals surface area contributed by atoms with Gasteiger partial charge >= 0.3 is 0 Å². The van der Waals surface area contributed by atoms with E-state index in [4.69, 9.17) is 0 Å². The molecule has 0 aromatic heterocycles. The highest BCUT2D eigenvalue weighted by molar-refractivity contribution is 7.92. The predicted octanol–water partition coefficient (Wildman–Crippen LogP) is 4.77. The molecular formula is C23H32N2O3S. The predicted molar refractivity (Wildman–Crippen MR) is 119 cm³/mol. The van der Waals surface area contributed by atoms with Crippen molar-refractivity contribution in [2.45, 2.75) is 51.3 Å². The minimum Gasteiger partial charge on any atom is -0.352 e. The van der Waals surface area contributed by atoms with E-state index in [1.807, 2.05) is 6.92 Å². The van der Waals surface area contributed by atoms with Gasteiger partial charge in [0.15, 0.2) is 0 Å². The molecular weight excluding hydrogens is 384 g/mol. The molecule has 158 valence electrons. The van der Waals surface area contributed by atoms with Crippen molar-refractivity contribution in [1.29, 1.82) is 0 Å². The van der Waals surface area contributed by atoms with Crippen molar-refractivity contribution in [3.63, 3.8) is 0 Å². The number of carbonyl (C=O) groups excluding carboxylic acids is 1. The first-order valence-corrected chi connectivity index (χ1v) is 11.7. The number of nitrogens with zero attached hydrogens (tertiary/aromatic N) is 1. The van der Waals surface area contributed by atoms with Gasteiger partial charge in [0, 0.05) is 13.6 Å². The van der Waals surface area contributed by atoms with Crippen molar-refractivity contribution in [2.24, 2.45) is 5.92 Å². The van der Waals surface area contributed by atoms with Crippen LogP contribution in [0, 0.1) is 12.8 Å². The largest absolute Gasteiger partial charge is 0.352 e. The van der Waals surface area contributed by atoms with Gasteiger partial charge < -0.3 is 5.32 Å². The molecule has 0 saturated carbocycles. The van der Waals surface area contributed by atoms with Crippen LogP contribution < -0.4 is 9.62 Å². The molecule has 0 fully saturated rings. The molecule has 6 heteroatoms. The third kappa shape index (κ3) is 5.82. The summed E-state index contributed by atoms with van der Waals surface area (Å²) in [5.74, 6) is 0.182. The zero-order chi connectivity index (χ0) is 21.4. The topological polar surface area (TPSA) is 66.5 Å². The second kappa shape index (κ2) is 10.4. The fraction of sp³-hybridized carbons (Fsp3) is 0.435. The lowest BCUT2D eigenvalue weighted by molar-refractivity contribution is 0.0946. The van der Waals surface area contributed by atoms with Crippen molar-refractivity contribution >= 4 is 21.6 Å². The van der Waals surface area contributed by atoms with Gasteiger partial charge in [-0.1, -0.05) is 62.9 Å². The molecule has 1 N–H and O–H groups in total. The molecule has 5 nitrogen and oxygen atoms in total. The molecule has 0 aliphatic rings. The molecule has 2 aromatic carbocycles. The Morgan fingerprint density at radius 2 is 1.72 bits per heavy atom. The zero-order valence-corrected chi connectivity index (χ0v) is 18.6. The molecule has 0 spiro atoms. The molecule has 1 amide bonds. The number of amides is 1. The number of sulfonamides is 1. The van der Waals surface area contributed by atoms with E-state index in [-0.39, 0.29) is 10.8 Å². The van der Waals surface area contributed by atoms with Gasteiger partial charge in [0.05, 0.1) is 16.1 Å². The summed E-state index contributed by atoms with van der Waals surface area (Å²) in [6.45, 7) is 6.79. The van der Waals surface area contributed by atoms with Gasteiger partial charge in [-0.3, -0.25) is 9.10 Å². The number of rotatable bonds is 10. The normalized spacial score (nSPS) is 12.4. The molecule has 0 saturated heterocycles. The van der Waals surface area contributed by atoms with Gasteiger partial charge in [-0.15, -0.1) is 0 Å². The zero-order valence-electron chi connectivity index (χ0n) is 17.8. The Labute approximate surface area is 175 Å². The second-order valence-electron chi connectivity index (χ2n) is 7.43. The van der Waals surface area contributed by atoms with Gasteiger partial charge in [0.2, 0.25) is 0 Å². The van der Waals surface area contributed by atoms with Crippen LogP contribution in [0.5, 0.6) is 0 Å². The smallest absolute Gasteiger partial charge is 0.264 e. The van der Waals surface area contributed by atoms with Crippen LogP contribution in [0.4, 0.5) is 5.69 Å². The average Bonchev–Trinajstić information content (AvgIpc) is 2.73. The number of hydrogen-bond donors (Lipinski definition) is 1. The Bertz CT molecular complexity index is 908. The van der Waals surface area contributed by atoms with Crippen LogP contribution in [0.1, 0.15) is 55.5 Å². The van der Waals surface area contributed by atoms with Crippen LogP contribution in [-0.2, 0) is 10.0 Å². The van der Waals surface area contributed by atoms with Crippen LogP contribution in [0.3, 0.4) is 0 Å². The Morgan fingerprint density at radius 1 is 1.07 bits per heavy atom. The number of unbranched alkanes of at least 4 members (excludes halogenated alkanes) is 1. The van der Waals surface area contributed by atoms with Crippen LogP contribution in [0.15, 0.2) is 53.4 Å². The lowest BCUT2D eigenvalue weighted by atomic mass is 9.99. The SMILES string of the molecule is CCCC[C@H](CC)CNC(=O)c1ccccc1N(C)S(=O)(=O)c1ccc(C)cc1. The van der Waals surface area contributed by atoms with Crippen molar-refractivity contribution < 1.29 is 13.2 Å². The van der Waals surface area contributed by atoms with Gasteiger partial charge in [-0.2, -0.15) is 0 Å². The number of aryl methyl sites for hydroxylation is 1. The molecule has 2 rings (SSSR count). The maximum atomic E-state index is 13.0. The van der Waals surface area contributed by atoms with Gasteiger partial charge in [-0.05, 0) is 43.5 Å². The van der Waals surface area contributed by atoms with Gasteiger partial charge in [0.1, 0.15) is 0 Å². The quantitative estimate of drug-likeness (QED) is 0.607. The Balaban J connectivity index is 2.23. The summed E-state index contributed by atoms with van der Waals surface area (Å²) < 4.78 is 27.3. The molecule has 0 bridgehead atoms. The van der Waals surface area contributed by atoms with E-state index in [2.05, 4.69) is 19.2 Å². The molecule has 0 aliphatic carbocycles. The van der Waals surface area contributed by atoms with E-state index in [0.29, 0.717) is 23.7 Å². The summed E-state index contributed by atoms with van der Waals surface area (Å²) in [6.07, 6.45) is 4.36. The van der Waals surface area contributed by atoms with Crippen LogP contribution in [0.25, 0.3) is 0 Å². The number of anilines is 1. The highest BCUT2D eigenvalue weighted by atomic mass is 32.2. The van der Waals surface area contributed by atoms with Gasteiger partial charge in [0.25, 0.3) is 15.9 Å². The van der Waals surface area contributed by atoms with Crippen molar-refractivity contribution in [3.8, 4) is 0 Å². The minimum absolute atomic E-state index is 0.200. The lowest BCUT2D eigenvalue weighted by Crippen LogP contribution is -2.32. The third-order valence-corrected chi connectivity index (χ3v) is 7.05. The Hall–Kier alpha value is -2.34. The summed E-state index contributed by atoms with van der Waals surface area (Å²) in [6, 6.07) is 13.5. The van der Waals surface area contributed by atoms with E-state index in [1.54, 1.807) is 48.5 Å². The first-order chi connectivity index (χ1) is 13.8. The summed E-state index contributed by atoms with van der Waals surface area (Å²) >= 11 is 0. The summed E-state index contributed by atoms with van der Waals surface area (Å²) in [7, 11) is -2.28. The maximum absolute atomic E-state index is 13.0. The second-order valence-corrected chi connectivity index (χ2v) is 9.40. The van der Waals surface area contributed by atoms with Gasteiger partial charge in [-0.25, -0.2) is 8.42 Å². The Kier molecular flexibility index (Phi) is 8.26. The molecule has 0 radical (unpaired) electrons. The molecule has 2 aromatic rings. The van der Waals surface area contributed by atoms with Crippen molar-refractivity contribution in [1.82, 2.24) is 5.32 Å². The number of benzene rings is 2. The monoisotopic (exact) mass is 416 g/mol. The van der Waals surface area contributed by atoms with Crippen LogP contribution >= 0.6 is 0 Å². The fourth-order valence-electron chi connectivity index (χ4n) is 3.21. The van der Waals surface area contributed by atoms with Crippen LogP contribution in [0.2, 0.25) is 0 Å². The lowest BCUT2D eigenvalue weighted by Gasteiger charge is -2.23. The molecule has 0 heterocycles. The summed E-state index contributed by atoms with van der Waals surface area (Å²) in [4.78, 5) is 13.0. The summed E-state index contributed by atoms with van der Waals surface area (Å²) in [5.41, 5.74) is 1.71. The number of carbonyl (C=O) groups is 1. The first kappa shape index (κ1) is 22.9. The maximum Gasteiger partial charge on any atom is 0.264 e. The molecule has 0 aliphatic heterocycles. The standard InChI is InChI=1S/C23H32N2O3S/c1-5-7-10-19(6-2)17-24-23(26)21-11-8-9-12-22(21)25(4)29(27,28)20-15-13-18(3)14-16-20/h8-9,11-16,19H,5-7,10,17H2,1-4H3,(H,24,26)/t19-/m0/s1. The Morgan fingerprint density at radius 3 is 2.34 bits per heavy atom.